The van der Waals surface area contributed by atoms with Crippen molar-refractivity contribution < 1.29 is 14.3 Å². The highest BCUT2D eigenvalue weighted by Gasteiger charge is 2.27. The Morgan fingerprint density at radius 1 is 1.38 bits per heavy atom. The third-order valence-electron chi connectivity index (χ3n) is 4.38. The van der Waals surface area contributed by atoms with Crippen molar-refractivity contribution in [3.63, 3.8) is 0 Å². The molecular formula is C19H22ClN3O3. The van der Waals surface area contributed by atoms with Gasteiger partial charge in [-0.05, 0) is 11.6 Å². The van der Waals surface area contributed by atoms with E-state index in [1.165, 1.54) is 0 Å². The topological polar surface area (TPSA) is 54.9 Å². The van der Waals surface area contributed by atoms with E-state index in [1.807, 2.05) is 30.3 Å². The van der Waals surface area contributed by atoms with Crippen LogP contribution in [0.3, 0.4) is 0 Å². The van der Waals surface area contributed by atoms with Crippen LogP contribution in [0.15, 0.2) is 48.8 Å². The van der Waals surface area contributed by atoms with Crippen LogP contribution in [0.25, 0.3) is 0 Å². The van der Waals surface area contributed by atoms with Crippen molar-refractivity contribution in [2.45, 2.75) is 12.6 Å². The van der Waals surface area contributed by atoms with Gasteiger partial charge in [0.2, 0.25) is 0 Å². The molecule has 1 aliphatic rings. The zero-order valence-corrected chi connectivity index (χ0v) is 15.4. The van der Waals surface area contributed by atoms with Gasteiger partial charge in [-0.3, -0.25) is 4.98 Å². The number of benzene rings is 1. The Balaban J connectivity index is 1.63. The fourth-order valence-corrected chi connectivity index (χ4v) is 3.04. The molecule has 1 aliphatic heterocycles. The van der Waals surface area contributed by atoms with Crippen LogP contribution in [0.1, 0.15) is 5.56 Å². The van der Waals surface area contributed by atoms with Gasteiger partial charge in [-0.25, -0.2) is 4.79 Å². The van der Waals surface area contributed by atoms with E-state index >= 15 is 0 Å². The number of ether oxygens (including phenoxy) is 2. The zero-order valence-electron chi connectivity index (χ0n) is 14.7. The molecule has 7 heteroatoms. The number of likely N-dealkylation sites (N-methyl/N-ethyl adjacent to an activating group) is 1. The molecule has 1 unspecified atom stereocenters. The molecule has 1 fully saturated rings. The number of hydrogen-bond donors (Lipinski definition) is 0. The van der Waals surface area contributed by atoms with Crippen LogP contribution < -0.4 is 4.90 Å². The molecule has 6 nitrogen and oxygen atoms in total. The largest absolute Gasteiger partial charge is 0.445 e. The summed E-state index contributed by atoms with van der Waals surface area (Å²) in [6.07, 6.45) is 3.02. The first-order chi connectivity index (χ1) is 12.6. The average molecular weight is 376 g/mol. The van der Waals surface area contributed by atoms with E-state index in [2.05, 4.69) is 9.88 Å². The number of anilines is 1. The lowest BCUT2D eigenvalue weighted by Crippen LogP contribution is -2.46. The molecule has 138 valence electrons. The van der Waals surface area contributed by atoms with Crippen molar-refractivity contribution in [1.82, 2.24) is 9.88 Å². The van der Waals surface area contributed by atoms with Gasteiger partial charge in [-0.2, -0.15) is 0 Å². The standard InChI is InChI=1S/C19H22ClN3O3/c1-22(19(24)26-13-15-5-3-2-4-6-15)16-12-23(9-10-25-14-16)18-11-21-8-7-17(18)20/h2-8,11,16H,9-10,12-14H2,1H3. The van der Waals surface area contributed by atoms with Crippen LogP contribution in [-0.4, -0.2) is 55.4 Å². The fourth-order valence-electron chi connectivity index (χ4n) is 2.82. The van der Waals surface area contributed by atoms with Crippen LogP contribution in [0.4, 0.5) is 10.5 Å². The molecule has 2 heterocycles. The molecule has 0 spiro atoms. The minimum absolute atomic E-state index is 0.142. The lowest BCUT2D eigenvalue weighted by atomic mass is 10.2. The smallest absolute Gasteiger partial charge is 0.410 e. The Hall–Kier alpha value is -2.31. The van der Waals surface area contributed by atoms with Gasteiger partial charge < -0.3 is 19.3 Å². The molecule has 1 atom stereocenters. The van der Waals surface area contributed by atoms with E-state index in [4.69, 9.17) is 21.1 Å². The van der Waals surface area contributed by atoms with E-state index in [0.717, 1.165) is 11.3 Å². The predicted octanol–water partition coefficient (Wildman–Crippen LogP) is 3.21. The number of carbonyl (C=O) groups excluding carboxylic acids is 1. The Morgan fingerprint density at radius 3 is 2.96 bits per heavy atom. The van der Waals surface area contributed by atoms with Gasteiger partial charge >= 0.3 is 6.09 Å². The number of nitrogens with zero attached hydrogens (tertiary/aromatic N) is 3. The third-order valence-corrected chi connectivity index (χ3v) is 4.70. The first-order valence-corrected chi connectivity index (χ1v) is 8.88. The monoisotopic (exact) mass is 375 g/mol. The van der Waals surface area contributed by atoms with Crippen molar-refractivity contribution in [1.29, 1.82) is 0 Å². The number of rotatable bonds is 4. The van der Waals surface area contributed by atoms with E-state index in [-0.39, 0.29) is 18.7 Å². The summed E-state index contributed by atoms with van der Waals surface area (Å²) in [5, 5.41) is 0.634. The average Bonchev–Trinajstić information content (AvgIpc) is 2.93. The Bertz CT molecular complexity index is 729. The number of carbonyl (C=O) groups is 1. The van der Waals surface area contributed by atoms with Crippen molar-refractivity contribution in [2.24, 2.45) is 0 Å². The van der Waals surface area contributed by atoms with Crippen LogP contribution >= 0.6 is 11.6 Å². The van der Waals surface area contributed by atoms with Gasteiger partial charge in [0, 0.05) is 26.3 Å². The van der Waals surface area contributed by atoms with Gasteiger partial charge in [0.05, 0.1) is 36.2 Å². The van der Waals surface area contributed by atoms with Gasteiger partial charge in [0.25, 0.3) is 0 Å². The molecule has 0 N–H and O–H groups in total. The predicted molar refractivity (Wildman–Crippen MR) is 100 cm³/mol. The second-order valence-electron chi connectivity index (χ2n) is 6.15. The number of amides is 1. The maximum atomic E-state index is 12.4. The lowest BCUT2D eigenvalue weighted by Gasteiger charge is -2.31. The SMILES string of the molecule is CN(C(=O)OCc1ccccc1)C1COCCN(c2cnccc2Cl)C1. The molecule has 1 aromatic carbocycles. The van der Waals surface area contributed by atoms with Crippen LogP contribution in [-0.2, 0) is 16.1 Å². The Kier molecular flexibility index (Phi) is 6.30. The molecule has 2 aromatic rings. The molecule has 3 rings (SSSR count). The summed E-state index contributed by atoms with van der Waals surface area (Å²) in [5.74, 6) is 0. The first-order valence-electron chi connectivity index (χ1n) is 8.51. The minimum atomic E-state index is -0.374. The van der Waals surface area contributed by atoms with Crippen LogP contribution in [0, 0.1) is 0 Å². The van der Waals surface area contributed by atoms with Gasteiger partial charge in [0.15, 0.2) is 0 Å². The number of halogens is 1. The van der Waals surface area contributed by atoms with Gasteiger partial charge in [-0.1, -0.05) is 41.9 Å². The molecule has 0 aliphatic carbocycles. The summed E-state index contributed by atoms with van der Waals surface area (Å²) in [6, 6.07) is 11.2. The highest BCUT2D eigenvalue weighted by molar-refractivity contribution is 6.33. The second-order valence-corrected chi connectivity index (χ2v) is 6.56. The second kappa shape index (κ2) is 8.87. The lowest BCUT2D eigenvalue weighted by molar-refractivity contribution is 0.0628. The molecule has 26 heavy (non-hydrogen) atoms. The van der Waals surface area contributed by atoms with Crippen molar-refractivity contribution >= 4 is 23.4 Å². The van der Waals surface area contributed by atoms with E-state index in [1.54, 1.807) is 30.4 Å². The summed E-state index contributed by atoms with van der Waals surface area (Å²) in [7, 11) is 1.73. The summed E-state index contributed by atoms with van der Waals surface area (Å²) >= 11 is 6.29. The third kappa shape index (κ3) is 4.65. The van der Waals surface area contributed by atoms with Crippen LogP contribution in [0.5, 0.6) is 0 Å². The summed E-state index contributed by atoms with van der Waals surface area (Å²) in [6.45, 7) is 2.55. The summed E-state index contributed by atoms with van der Waals surface area (Å²) in [4.78, 5) is 20.3. The fraction of sp³-hybridized carbons (Fsp3) is 0.368. The molecular weight excluding hydrogens is 354 g/mol. The number of pyridine rings is 1. The van der Waals surface area contributed by atoms with Crippen molar-refractivity contribution in [2.75, 3.05) is 38.3 Å². The highest BCUT2D eigenvalue weighted by atomic mass is 35.5. The normalized spacial score (nSPS) is 17.5. The first kappa shape index (κ1) is 18.5. The van der Waals surface area contributed by atoms with Crippen molar-refractivity contribution in [3.8, 4) is 0 Å². The number of hydrogen-bond acceptors (Lipinski definition) is 5. The molecule has 0 bridgehead atoms. The van der Waals surface area contributed by atoms with Crippen molar-refractivity contribution in [3.05, 3.63) is 59.4 Å². The quantitative estimate of drug-likeness (QED) is 0.821. The molecule has 1 aromatic heterocycles. The Labute approximate surface area is 158 Å². The van der Waals surface area contributed by atoms with E-state index < -0.39 is 0 Å². The summed E-state index contributed by atoms with van der Waals surface area (Å²) in [5.41, 5.74) is 1.80. The maximum absolute atomic E-state index is 12.4. The van der Waals surface area contributed by atoms with E-state index in [9.17, 15) is 4.79 Å². The minimum Gasteiger partial charge on any atom is -0.445 e. The summed E-state index contributed by atoms with van der Waals surface area (Å²) < 4.78 is 11.1. The maximum Gasteiger partial charge on any atom is 0.410 e. The highest BCUT2D eigenvalue weighted by Crippen LogP contribution is 2.25. The molecule has 1 saturated heterocycles. The van der Waals surface area contributed by atoms with E-state index in [0.29, 0.717) is 31.3 Å². The van der Waals surface area contributed by atoms with Crippen LogP contribution in [0.2, 0.25) is 5.02 Å². The van der Waals surface area contributed by atoms with Gasteiger partial charge in [-0.15, -0.1) is 0 Å². The molecule has 0 radical (unpaired) electrons. The molecule has 0 saturated carbocycles. The van der Waals surface area contributed by atoms with Gasteiger partial charge in [0.1, 0.15) is 6.61 Å². The number of aromatic nitrogens is 1. The Morgan fingerprint density at radius 2 is 2.19 bits per heavy atom. The zero-order chi connectivity index (χ0) is 18.4. The molecule has 1 amide bonds.